The van der Waals surface area contributed by atoms with E-state index in [0.29, 0.717) is 5.02 Å². The fourth-order valence-corrected chi connectivity index (χ4v) is 2.17. The van der Waals surface area contributed by atoms with Gasteiger partial charge in [-0.15, -0.1) is 0 Å². The van der Waals surface area contributed by atoms with Crippen molar-refractivity contribution in [3.63, 3.8) is 0 Å². The molecular formula is C12H13ClN4O. The number of aromatic nitrogens is 3. The number of nitrogens with one attached hydrogen (secondary N) is 1. The van der Waals surface area contributed by atoms with Crippen molar-refractivity contribution < 1.29 is 4.74 Å². The van der Waals surface area contributed by atoms with Crippen LogP contribution in [-0.4, -0.2) is 41.3 Å². The molecule has 1 fully saturated rings. The molecule has 0 spiro atoms. The molecule has 2 aromatic rings. The van der Waals surface area contributed by atoms with Gasteiger partial charge in [-0.2, -0.15) is 0 Å². The average molecular weight is 265 g/mol. The second-order valence-corrected chi connectivity index (χ2v) is 4.52. The summed E-state index contributed by atoms with van der Waals surface area (Å²) in [5.74, 6) is 0.879. The summed E-state index contributed by atoms with van der Waals surface area (Å²) in [7, 11) is 0. The Morgan fingerprint density at radius 1 is 1.22 bits per heavy atom. The molecule has 0 unspecified atom stereocenters. The minimum Gasteiger partial charge on any atom is -0.378 e. The molecule has 1 saturated heterocycles. The summed E-state index contributed by atoms with van der Waals surface area (Å²) in [5, 5.41) is 0.671. The van der Waals surface area contributed by atoms with Gasteiger partial charge in [0.15, 0.2) is 0 Å². The third-order valence-electron chi connectivity index (χ3n) is 2.87. The van der Waals surface area contributed by atoms with E-state index in [0.717, 1.165) is 43.5 Å². The first-order valence-electron chi connectivity index (χ1n) is 5.82. The molecule has 0 atom stereocenters. The normalized spacial score (nSPS) is 15.9. The third kappa shape index (κ3) is 2.32. The highest BCUT2D eigenvalue weighted by Crippen LogP contribution is 2.24. The Morgan fingerprint density at radius 3 is 2.78 bits per heavy atom. The Labute approximate surface area is 110 Å². The van der Waals surface area contributed by atoms with Crippen LogP contribution in [0.25, 0.3) is 11.4 Å². The van der Waals surface area contributed by atoms with E-state index in [-0.39, 0.29) is 0 Å². The van der Waals surface area contributed by atoms with Gasteiger partial charge < -0.3 is 14.6 Å². The van der Waals surface area contributed by atoms with Crippen molar-refractivity contribution in [2.45, 2.75) is 0 Å². The molecule has 3 heterocycles. The van der Waals surface area contributed by atoms with Gasteiger partial charge in [0.2, 0.25) is 0 Å². The molecule has 94 valence electrons. The minimum atomic E-state index is 0.671. The molecule has 3 rings (SSSR count). The van der Waals surface area contributed by atoms with Crippen LogP contribution < -0.4 is 4.90 Å². The van der Waals surface area contributed by atoms with Gasteiger partial charge >= 0.3 is 0 Å². The number of rotatable bonds is 2. The number of pyridine rings is 1. The standard InChI is InChI=1S/C12H13ClN4O/c13-9-5-10(11-7-14-8-15-11)16-12(6-9)17-1-3-18-4-2-17/h5-8H,1-4H2,(H,14,15). The maximum atomic E-state index is 6.15. The number of morpholine rings is 1. The van der Waals surface area contributed by atoms with Crippen LogP contribution in [0, 0.1) is 0 Å². The van der Waals surface area contributed by atoms with Crippen LogP contribution in [0.5, 0.6) is 0 Å². The van der Waals surface area contributed by atoms with Crippen molar-refractivity contribution in [1.82, 2.24) is 15.0 Å². The fraction of sp³-hybridized carbons (Fsp3) is 0.333. The van der Waals surface area contributed by atoms with E-state index >= 15 is 0 Å². The third-order valence-corrected chi connectivity index (χ3v) is 3.09. The summed E-state index contributed by atoms with van der Waals surface area (Å²) in [6.45, 7) is 3.14. The van der Waals surface area contributed by atoms with Gasteiger partial charge in [0.1, 0.15) is 11.5 Å². The lowest BCUT2D eigenvalue weighted by molar-refractivity contribution is 0.122. The van der Waals surface area contributed by atoms with Gasteiger partial charge in [-0.3, -0.25) is 0 Å². The first-order valence-corrected chi connectivity index (χ1v) is 6.20. The van der Waals surface area contributed by atoms with E-state index in [2.05, 4.69) is 19.9 Å². The number of nitrogens with zero attached hydrogens (tertiary/aromatic N) is 3. The summed E-state index contributed by atoms with van der Waals surface area (Å²) in [5.41, 5.74) is 1.58. The van der Waals surface area contributed by atoms with Crippen molar-refractivity contribution >= 4 is 17.4 Å². The zero-order chi connectivity index (χ0) is 12.4. The highest BCUT2D eigenvalue weighted by atomic mass is 35.5. The summed E-state index contributed by atoms with van der Waals surface area (Å²) < 4.78 is 5.33. The molecule has 18 heavy (non-hydrogen) atoms. The molecule has 2 aromatic heterocycles. The highest BCUT2D eigenvalue weighted by Gasteiger charge is 2.14. The maximum absolute atomic E-state index is 6.15. The van der Waals surface area contributed by atoms with E-state index < -0.39 is 0 Å². The lowest BCUT2D eigenvalue weighted by Crippen LogP contribution is -2.36. The van der Waals surface area contributed by atoms with E-state index in [4.69, 9.17) is 16.3 Å². The lowest BCUT2D eigenvalue weighted by atomic mass is 10.2. The number of halogens is 1. The Kier molecular flexibility index (Phi) is 3.17. The smallest absolute Gasteiger partial charge is 0.130 e. The Bertz CT molecular complexity index is 523. The van der Waals surface area contributed by atoms with E-state index in [1.807, 2.05) is 18.3 Å². The van der Waals surface area contributed by atoms with E-state index in [1.54, 1.807) is 6.33 Å². The predicted octanol–water partition coefficient (Wildman–Crippen LogP) is 1.96. The lowest BCUT2D eigenvalue weighted by Gasteiger charge is -2.28. The van der Waals surface area contributed by atoms with Gasteiger partial charge in [0, 0.05) is 24.3 Å². The molecule has 0 saturated carbocycles. The van der Waals surface area contributed by atoms with Crippen molar-refractivity contribution in [3.05, 3.63) is 29.7 Å². The predicted molar refractivity (Wildman–Crippen MR) is 69.9 cm³/mol. The van der Waals surface area contributed by atoms with Crippen molar-refractivity contribution in [1.29, 1.82) is 0 Å². The molecular weight excluding hydrogens is 252 g/mol. The Balaban J connectivity index is 1.95. The summed E-state index contributed by atoms with van der Waals surface area (Å²) >= 11 is 6.15. The number of H-pyrrole nitrogens is 1. The SMILES string of the molecule is Clc1cc(-c2c[nH]cn2)nc(N2CCOCC2)c1. The van der Waals surface area contributed by atoms with Crippen LogP contribution in [0.15, 0.2) is 24.7 Å². The highest BCUT2D eigenvalue weighted by molar-refractivity contribution is 6.31. The number of imidazole rings is 1. The van der Waals surface area contributed by atoms with Gasteiger partial charge in [0.25, 0.3) is 0 Å². The van der Waals surface area contributed by atoms with Crippen molar-refractivity contribution in [3.8, 4) is 11.4 Å². The average Bonchev–Trinajstić information content (AvgIpc) is 2.93. The maximum Gasteiger partial charge on any atom is 0.130 e. The fourth-order valence-electron chi connectivity index (χ4n) is 1.97. The second kappa shape index (κ2) is 4.96. The quantitative estimate of drug-likeness (QED) is 0.901. The van der Waals surface area contributed by atoms with E-state index in [1.165, 1.54) is 0 Å². The van der Waals surface area contributed by atoms with Crippen LogP contribution in [0.4, 0.5) is 5.82 Å². The Hall–Kier alpha value is -1.59. The van der Waals surface area contributed by atoms with Gasteiger partial charge in [-0.25, -0.2) is 9.97 Å². The number of anilines is 1. The molecule has 0 aromatic carbocycles. The molecule has 1 aliphatic rings. The molecule has 5 nitrogen and oxygen atoms in total. The van der Waals surface area contributed by atoms with Crippen molar-refractivity contribution in [2.24, 2.45) is 0 Å². The molecule has 6 heteroatoms. The zero-order valence-electron chi connectivity index (χ0n) is 9.77. The summed E-state index contributed by atoms with van der Waals surface area (Å²) in [6.07, 6.45) is 3.44. The molecule has 0 amide bonds. The first kappa shape index (κ1) is 11.5. The summed E-state index contributed by atoms with van der Waals surface area (Å²) in [4.78, 5) is 13.9. The number of aromatic amines is 1. The first-order chi connectivity index (χ1) is 8.83. The molecule has 0 bridgehead atoms. The number of hydrogen-bond acceptors (Lipinski definition) is 4. The zero-order valence-corrected chi connectivity index (χ0v) is 10.5. The number of hydrogen-bond donors (Lipinski definition) is 1. The van der Waals surface area contributed by atoms with Gasteiger partial charge in [0.05, 0.1) is 25.2 Å². The minimum absolute atomic E-state index is 0.671. The van der Waals surface area contributed by atoms with Gasteiger partial charge in [-0.05, 0) is 12.1 Å². The van der Waals surface area contributed by atoms with Crippen LogP contribution in [0.1, 0.15) is 0 Å². The number of ether oxygens (including phenoxy) is 1. The second-order valence-electron chi connectivity index (χ2n) is 4.08. The topological polar surface area (TPSA) is 54.0 Å². The molecule has 0 radical (unpaired) electrons. The summed E-state index contributed by atoms with van der Waals surface area (Å²) in [6, 6.07) is 3.70. The van der Waals surface area contributed by atoms with Crippen LogP contribution in [0.3, 0.4) is 0 Å². The molecule has 1 N–H and O–H groups in total. The molecule has 1 aliphatic heterocycles. The van der Waals surface area contributed by atoms with Crippen molar-refractivity contribution in [2.75, 3.05) is 31.2 Å². The molecule has 0 aliphatic carbocycles. The van der Waals surface area contributed by atoms with E-state index in [9.17, 15) is 0 Å². The van der Waals surface area contributed by atoms with Crippen LogP contribution >= 0.6 is 11.6 Å². The van der Waals surface area contributed by atoms with Crippen LogP contribution in [-0.2, 0) is 4.74 Å². The van der Waals surface area contributed by atoms with Gasteiger partial charge in [-0.1, -0.05) is 11.6 Å². The van der Waals surface area contributed by atoms with Crippen LogP contribution in [0.2, 0.25) is 5.02 Å². The largest absolute Gasteiger partial charge is 0.378 e. The Morgan fingerprint density at radius 2 is 2.06 bits per heavy atom. The monoisotopic (exact) mass is 264 g/mol.